The summed E-state index contributed by atoms with van der Waals surface area (Å²) in [6, 6.07) is 12.3. The van der Waals surface area contributed by atoms with E-state index < -0.39 is 0 Å². The van der Waals surface area contributed by atoms with Crippen LogP contribution in [0.25, 0.3) is 0 Å². The SMILES string of the molecule is NCc1cc(C(=O)NCCCN2CCN(Cc3ccccc3)CC2)co1. The summed E-state index contributed by atoms with van der Waals surface area (Å²) in [7, 11) is 0. The minimum Gasteiger partial charge on any atom is -0.467 e. The minimum absolute atomic E-state index is 0.0962. The molecule has 3 rings (SSSR count). The highest BCUT2D eigenvalue weighted by Gasteiger charge is 2.16. The highest BCUT2D eigenvalue weighted by molar-refractivity contribution is 5.93. The van der Waals surface area contributed by atoms with Gasteiger partial charge in [-0.25, -0.2) is 0 Å². The molecule has 0 bridgehead atoms. The number of piperazine rings is 1. The van der Waals surface area contributed by atoms with Crippen LogP contribution in [0.15, 0.2) is 47.1 Å². The molecule has 1 aromatic heterocycles. The van der Waals surface area contributed by atoms with Crippen LogP contribution in [0.3, 0.4) is 0 Å². The highest BCUT2D eigenvalue weighted by Crippen LogP contribution is 2.09. The van der Waals surface area contributed by atoms with Crippen LogP contribution in [0.4, 0.5) is 0 Å². The van der Waals surface area contributed by atoms with E-state index in [1.165, 1.54) is 11.8 Å². The van der Waals surface area contributed by atoms with E-state index in [1.54, 1.807) is 6.07 Å². The smallest absolute Gasteiger partial charge is 0.254 e. The fourth-order valence-electron chi connectivity index (χ4n) is 3.23. The summed E-state index contributed by atoms with van der Waals surface area (Å²) in [5.41, 5.74) is 7.40. The number of nitrogens with one attached hydrogen (secondary N) is 1. The first-order chi connectivity index (χ1) is 12.7. The van der Waals surface area contributed by atoms with Crippen LogP contribution in [0.5, 0.6) is 0 Å². The van der Waals surface area contributed by atoms with E-state index >= 15 is 0 Å². The molecular weight excluding hydrogens is 328 g/mol. The Morgan fingerprint density at radius 2 is 1.85 bits per heavy atom. The normalized spacial score (nSPS) is 15.9. The lowest BCUT2D eigenvalue weighted by Crippen LogP contribution is -2.46. The molecule has 0 atom stereocenters. The molecule has 0 aliphatic carbocycles. The van der Waals surface area contributed by atoms with Crippen molar-refractivity contribution in [2.45, 2.75) is 19.5 Å². The lowest BCUT2D eigenvalue weighted by molar-refractivity contribution is 0.0946. The fraction of sp³-hybridized carbons (Fsp3) is 0.450. The van der Waals surface area contributed by atoms with Crippen molar-refractivity contribution in [1.29, 1.82) is 0 Å². The molecule has 2 aromatic rings. The number of carbonyl (C=O) groups excluding carboxylic acids is 1. The van der Waals surface area contributed by atoms with Crippen molar-refractivity contribution >= 4 is 5.91 Å². The summed E-state index contributed by atoms with van der Waals surface area (Å²) in [5.74, 6) is 0.532. The van der Waals surface area contributed by atoms with E-state index in [0.717, 1.165) is 45.7 Å². The second-order valence-corrected chi connectivity index (χ2v) is 6.72. The van der Waals surface area contributed by atoms with Gasteiger partial charge in [0.05, 0.1) is 12.1 Å². The van der Waals surface area contributed by atoms with Crippen LogP contribution in [-0.4, -0.2) is 55.0 Å². The summed E-state index contributed by atoms with van der Waals surface area (Å²) in [5, 5.41) is 2.94. The van der Waals surface area contributed by atoms with Crippen molar-refractivity contribution in [2.75, 3.05) is 39.3 Å². The van der Waals surface area contributed by atoms with Crippen LogP contribution in [-0.2, 0) is 13.1 Å². The Bertz CT molecular complexity index is 678. The lowest BCUT2D eigenvalue weighted by Gasteiger charge is -2.34. The fourth-order valence-corrected chi connectivity index (χ4v) is 3.23. The second kappa shape index (κ2) is 9.52. The van der Waals surface area contributed by atoms with Crippen molar-refractivity contribution in [2.24, 2.45) is 5.73 Å². The zero-order valence-electron chi connectivity index (χ0n) is 15.2. The molecule has 1 saturated heterocycles. The van der Waals surface area contributed by atoms with Gasteiger partial charge in [0.25, 0.3) is 5.91 Å². The standard InChI is InChI=1S/C20H28N4O2/c21-14-19-13-18(16-26-19)20(25)22-7-4-8-23-9-11-24(12-10-23)15-17-5-2-1-3-6-17/h1-3,5-6,13,16H,4,7-12,14-15,21H2,(H,22,25). The van der Waals surface area contributed by atoms with Gasteiger partial charge < -0.3 is 20.4 Å². The predicted molar refractivity (Wildman–Crippen MR) is 102 cm³/mol. The van der Waals surface area contributed by atoms with Gasteiger partial charge in [0, 0.05) is 39.3 Å². The molecule has 1 amide bonds. The summed E-state index contributed by atoms with van der Waals surface area (Å²) in [4.78, 5) is 17.0. The zero-order valence-corrected chi connectivity index (χ0v) is 15.2. The number of furan rings is 1. The Kier molecular flexibility index (Phi) is 6.82. The van der Waals surface area contributed by atoms with Crippen molar-refractivity contribution in [1.82, 2.24) is 15.1 Å². The van der Waals surface area contributed by atoms with E-state index in [0.29, 0.717) is 24.4 Å². The molecule has 3 N–H and O–H groups in total. The quantitative estimate of drug-likeness (QED) is 0.704. The van der Waals surface area contributed by atoms with Gasteiger partial charge >= 0.3 is 0 Å². The van der Waals surface area contributed by atoms with Crippen molar-refractivity contribution < 1.29 is 9.21 Å². The van der Waals surface area contributed by atoms with Gasteiger partial charge in [0.2, 0.25) is 0 Å². The third-order valence-electron chi connectivity index (χ3n) is 4.77. The topological polar surface area (TPSA) is 74.7 Å². The second-order valence-electron chi connectivity index (χ2n) is 6.72. The van der Waals surface area contributed by atoms with Crippen molar-refractivity contribution in [3.05, 3.63) is 59.5 Å². The molecule has 1 aromatic carbocycles. The highest BCUT2D eigenvalue weighted by atomic mass is 16.3. The van der Waals surface area contributed by atoms with E-state index in [4.69, 9.17) is 10.2 Å². The largest absolute Gasteiger partial charge is 0.467 e. The average Bonchev–Trinajstić information content (AvgIpc) is 3.17. The first kappa shape index (κ1) is 18.6. The van der Waals surface area contributed by atoms with Gasteiger partial charge in [0.15, 0.2) is 0 Å². The lowest BCUT2D eigenvalue weighted by atomic mass is 10.2. The zero-order chi connectivity index (χ0) is 18.2. The van der Waals surface area contributed by atoms with Gasteiger partial charge in [0.1, 0.15) is 12.0 Å². The molecule has 0 unspecified atom stereocenters. The Morgan fingerprint density at radius 3 is 2.54 bits per heavy atom. The number of nitrogens with zero attached hydrogens (tertiary/aromatic N) is 2. The molecule has 6 nitrogen and oxygen atoms in total. The molecule has 0 spiro atoms. The summed E-state index contributed by atoms with van der Waals surface area (Å²) >= 11 is 0. The Balaban J connectivity index is 1.30. The predicted octanol–water partition coefficient (Wildman–Crippen LogP) is 1.68. The van der Waals surface area contributed by atoms with Gasteiger partial charge in [-0.1, -0.05) is 30.3 Å². The van der Waals surface area contributed by atoms with Crippen LogP contribution in [0.1, 0.15) is 28.1 Å². The summed E-state index contributed by atoms with van der Waals surface area (Å²) in [6.07, 6.45) is 2.41. The number of hydrogen-bond acceptors (Lipinski definition) is 5. The first-order valence-corrected chi connectivity index (χ1v) is 9.29. The maximum atomic E-state index is 12.0. The van der Waals surface area contributed by atoms with Crippen molar-refractivity contribution in [3.8, 4) is 0 Å². The third-order valence-corrected chi connectivity index (χ3v) is 4.77. The summed E-state index contributed by atoms with van der Waals surface area (Å²) in [6.45, 7) is 7.38. The number of hydrogen-bond donors (Lipinski definition) is 2. The molecular formula is C20H28N4O2. The number of nitrogens with two attached hydrogens (primary N) is 1. The van der Waals surface area contributed by atoms with Gasteiger partial charge in [-0.05, 0) is 24.6 Å². The Hall–Kier alpha value is -2.15. The third kappa shape index (κ3) is 5.42. The number of carbonyl (C=O) groups is 1. The molecule has 6 heteroatoms. The maximum absolute atomic E-state index is 12.0. The van der Waals surface area contributed by atoms with Gasteiger partial charge in [-0.2, -0.15) is 0 Å². The van der Waals surface area contributed by atoms with E-state index in [9.17, 15) is 4.79 Å². The minimum atomic E-state index is -0.0962. The Morgan fingerprint density at radius 1 is 1.12 bits per heavy atom. The molecule has 1 aliphatic heterocycles. The van der Waals surface area contributed by atoms with E-state index in [1.807, 2.05) is 0 Å². The van der Waals surface area contributed by atoms with Crippen LogP contribution >= 0.6 is 0 Å². The van der Waals surface area contributed by atoms with E-state index in [-0.39, 0.29) is 5.91 Å². The summed E-state index contributed by atoms with van der Waals surface area (Å²) < 4.78 is 5.19. The van der Waals surface area contributed by atoms with Gasteiger partial charge in [-0.3, -0.25) is 9.69 Å². The van der Waals surface area contributed by atoms with Crippen LogP contribution < -0.4 is 11.1 Å². The molecule has 26 heavy (non-hydrogen) atoms. The molecule has 140 valence electrons. The molecule has 2 heterocycles. The monoisotopic (exact) mass is 356 g/mol. The average molecular weight is 356 g/mol. The number of amides is 1. The van der Waals surface area contributed by atoms with Crippen molar-refractivity contribution in [3.63, 3.8) is 0 Å². The molecule has 1 fully saturated rings. The molecule has 0 radical (unpaired) electrons. The van der Waals surface area contributed by atoms with Gasteiger partial charge in [-0.15, -0.1) is 0 Å². The number of rotatable bonds is 8. The molecule has 1 aliphatic rings. The Labute approximate surface area is 154 Å². The van der Waals surface area contributed by atoms with Crippen LogP contribution in [0, 0.1) is 0 Å². The maximum Gasteiger partial charge on any atom is 0.254 e. The van der Waals surface area contributed by atoms with Crippen LogP contribution in [0.2, 0.25) is 0 Å². The molecule has 0 saturated carbocycles. The first-order valence-electron chi connectivity index (χ1n) is 9.29. The number of benzene rings is 1. The van der Waals surface area contributed by atoms with E-state index in [2.05, 4.69) is 45.4 Å².